The number of aromatic nitrogens is 2. The number of nitrogens with zero attached hydrogens (tertiary/aromatic N) is 3. The number of likely N-dealkylation sites (N-methyl/N-ethyl adjacent to an activating group) is 1. The first kappa shape index (κ1) is 30.5. The Balaban J connectivity index is 1.39. The summed E-state index contributed by atoms with van der Waals surface area (Å²) in [4.78, 5) is 29.0. The van der Waals surface area contributed by atoms with Crippen LogP contribution < -0.4 is 15.4 Å². The summed E-state index contributed by atoms with van der Waals surface area (Å²) in [5.74, 6) is -5.07. The van der Waals surface area contributed by atoms with Crippen molar-refractivity contribution in [3.63, 3.8) is 0 Å². The van der Waals surface area contributed by atoms with Crippen molar-refractivity contribution in [1.29, 1.82) is 0 Å². The predicted octanol–water partition coefficient (Wildman–Crippen LogP) is 5.12. The monoisotopic (exact) mass is 605 g/mol. The van der Waals surface area contributed by atoms with E-state index in [1.165, 1.54) is 31.2 Å². The second-order valence-electron chi connectivity index (χ2n) is 11.3. The van der Waals surface area contributed by atoms with Crippen LogP contribution in [0.1, 0.15) is 53.1 Å². The van der Waals surface area contributed by atoms with Crippen LogP contribution in [0.5, 0.6) is 0 Å². The molecule has 1 aliphatic heterocycles. The first-order valence-corrected chi connectivity index (χ1v) is 14.0. The van der Waals surface area contributed by atoms with Gasteiger partial charge in [-0.05, 0) is 55.6 Å². The van der Waals surface area contributed by atoms with Crippen LogP contribution in [0, 0.1) is 18.0 Å². The molecule has 2 amide bonds. The molecule has 1 aliphatic carbocycles. The maximum Gasteiger partial charge on any atom is 0.417 e. The molecule has 1 fully saturated rings. The lowest BCUT2D eigenvalue weighted by Gasteiger charge is -2.34. The summed E-state index contributed by atoms with van der Waals surface area (Å²) in [5, 5.41) is 17.4. The number of anilines is 1. The average Bonchev–Trinajstić information content (AvgIpc) is 3.35. The largest absolute Gasteiger partial charge is 0.618 e. The van der Waals surface area contributed by atoms with Gasteiger partial charge < -0.3 is 20.4 Å². The van der Waals surface area contributed by atoms with E-state index < -0.39 is 47.9 Å². The molecule has 13 heteroatoms. The number of carbonyl (C=O) groups excluding carboxylic acids is 2. The van der Waals surface area contributed by atoms with Crippen molar-refractivity contribution < 1.29 is 36.3 Å². The van der Waals surface area contributed by atoms with Gasteiger partial charge in [0.25, 0.3) is 5.91 Å². The molecule has 1 aromatic carbocycles. The zero-order chi connectivity index (χ0) is 31.1. The number of fused-ring (bicyclic) bond motifs is 1. The molecular formula is C30H32F5N5O3. The number of alkyl halides is 5. The van der Waals surface area contributed by atoms with Crippen LogP contribution in [-0.2, 0) is 24.1 Å². The summed E-state index contributed by atoms with van der Waals surface area (Å²) >= 11 is 0. The van der Waals surface area contributed by atoms with E-state index in [9.17, 15) is 36.7 Å². The number of carbonyl (C=O) groups is 2. The van der Waals surface area contributed by atoms with Gasteiger partial charge in [-0.1, -0.05) is 12.1 Å². The van der Waals surface area contributed by atoms with Crippen LogP contribution in [0.4, 0.5) is 27.6 Å². The van der Waals surface area contributed by atoms with Gasteiger partial charge >= 0.3 is 6.18 Å². The molecule has 0 saturated heterocycles. The molecule has 0 radical (unpaired) electrons. The number of hydrogen-bond donors (Lipinski definition) is 2. The highest BCUT2D eigenvalue weighted by molar-refractivity contribution is 6.01. The molecule has 2 atom stereocenters. The Morgan fingerprint density at radius 2 is 1.81 bits per heavy atom. The molecule has 2 N–H and O–H groups in total. The molecule has 0 bridgehead atoms. The molecule has 0 spiro atoms. The fourth-order valence-corrected chi connectivity index (χ4v) is 6.03. The van der Waals surface area contributed by atoms with E-state index >= 15 is 0 Å². The van der Waals surface area contributed by atoms with Crippen molar-refractivity contribution in [2.45, 2.75) is 63.8 Å². The van der Waals surface area contributed by atoms with Crippen LogP contribution in [0.3, 0.4) is 0 Å². The molecule has 1 unspecified atom stereocenters. The minimum absolute atomic E-state index is 0.105. The van der Waals surface area contributed by atoms with E-state index in [1.54, 1.807) is 6.07 Å². The number of nitrogens with one attached hydrogen (secondary N) is 2. The smallest absolute Gasteiger partial charge is 0.417 e. The third-order valence-corrected chi connectivity index (χ3v) is 8.24. The van der Waals surface area contributed by atoms with Crippen molar-refractivity contribution in [3.05, 3.63) is 76.5 Å². The SMILES string of the molecule is Cc1c(-c2ccc(NC(=O)[C@H](NC(=O)c3ccc4n3CCN(C)C4)C3CCCC(F)(F)C3)cc2)c(C(F)(F)F)cc[n+]1[O-]. The summed E-state index contributed by atoms with van der Waals surface area (Å²) in [6, 6.07) is 8.30. The lowest BCUT2D eigenvalue weighted by Crippen LogP contribution is -2.51. The van der Waals surface area contributed by atoms with Gasteiger partial charge in [0.1, 0.15) is 11.7 Å². The fraction of sp³-hybridized carbons (Fsp3) is 0.433. The maximum atomic E-state index is 14.4. The Hall–Kier alpha value is -4.00. The number of amides is 2. The highest BCUT2D eigenvalue weighted by atomic mass is 19.4. The molecular weight excluding hydrogens is 573 g/mol. The molecule has 43 heavy (non-hydrogen) atoms. The third-order valence-electron chi connectivity index (χ3n) is 8.24. The van der Waals surface area contributed by atoms with Crippen molar-refractivity contribution in [2.24, 2.45) is 5.92 Å². The van der Waals surface area contributed by atoms with Gasteiger partial charge in [-0.25, -0.2) is 8.78 Å². The maximum absolute atomic E-state index is 14.4. The molecule has 1 saturated carbocycles. The van der Waals surface area contributed by atoms with E-state index in [4.69, 9.17) is 0 Å². The number of pyridine rings is 1. The van der Waals surface area contributed by atoms with Crippen molar-refractivity contribution >= 4 is 17.5 Å². The van der Waals surface area contributed by atoms with Gasteiger partial charge in [-0.2, -0.15) is 17.9 Å². The summed E-state index contributed by atoms with van der Waals surface area (Å²) in [5.41, 5.74) is 0.139. The first-order chi connectivity index (χ1) is 20.2. The summed E-state index contributed by atoms with van der Waals surface area (Å²) < 4.78 is 72.0. The van der Waals surface area contributed by atoms with Gasteiger partial charge in [-0.3, -0.25) is 14.5 Å². The number of hydrogen-bond acceptors (Lipinski definition) is 4. The summed E-state index contributed by atoms with van der Waals surface area (Å²) in [6.45, 7) is 3.21. The lowest BCUT2D eigenvalue weighted by molar-refractivity contribution is -0.611. The molecule has 230 valence electrons. The summed E-state index contributed by atoms with van der Waals surface area (Å²) in [6.07, 6.45) is -4.27. The highest BCUT2D eigenvalue weighted by Gasteiger charge is 2.42. The van der Waals surface area contributed by atoms with Crippen molar-refractivity contribution in [1.82, 2.24) is 14.8 Å². The normalized spacial score (nSPS) is 19.4. The van der Waals surface area contributed by atoms with Gasteiger partial charge in [0.15, 0.2) is 11.9 Å². The fourth-order valence-electron chi connectivity index (χ4n) is 6.03. The first-order valence-electron chi connectivity index (χ1n) is 14.0. The average molecular weight is 606 g/mol. The van der Waals surface area contributed by atoms with Crippen LogP contribution in [0.2, 0.25) is 0 Å². The van der Waals surface area contributed by atoms with Gasteiger partial charge in [0.05, 0.1) is 11.1 Å². The van der Waals surface area contributed by atoms with Gasteiger partial charge in [-0.15, -0.1) is 0 Å². The van der Waals surface area contributed by atoms with E-state index in [0.29, 0.717) is 36.0 Å². The Labute approximate surface area is 245 Å². The zero-order valence-corrected chi connectivity index (χ0v) is 23.7. The van der Waals surface area contributed by atoms with E-state index in [2.05, 4.69) is 15.5 Å². The Bertz CT molecular complexity index is 1520. The van der Waals surface area contributed by atoms with Crippen molar-refractivity contribution in [2.75, 3.05) is 18.9 Å². The van der Waals surface area contributed by atoms with Crippen LogP contribution in [0.25, 0.3) is 11.1 Å². The standard InChI is InChI=1S/C30H32F5N5O3/c1-18-25(23(30(33,34)35)11-13-40(18)43)19-5-7-21(8-6-19)36-28(42)26(20-4-3-12-29(31,32)16-20)37-27(41)24-10-9-22-17-38(2)14-15-39(22)24/h5-11,13,20,26H,3-4,12,14-17H2,1-2H3,(H,36,42)(H,37,41)/t20?,26-/m1/s1. The van der Waals surface area contributed by atoms with Gasteiger partial charge in [0, 0.05) is 56.8 Å². The third kappa shape index (κ3) is 6.51. The highest BCUT2D eigenvalue weighted by Crippen LogP contribution is 2.40. The molecule has 2 aliphatic rings. The summed E-state index contributed by atoms with van der Waals surface area (Å²) in [7, 11) is 1.96. The molecule has 8 nitrogen and oxygen atoms in total. The quantitative estimate of drug-likeness (QED) is 0.232. The zero-order valence-electron chi connectivity index (χ0n) is 23.7. The van der Waals surface area contributed by atoms with E-state index in [0.717, 1.165) is 18.4 Å². The number of benzene rings is 1. The number of halogens is 5. The lowest BCUT2D eigenvalue weighted by atomic mass is 9.81. The Morgan fingerprint density at radius 3 is 2.49 bits per heavy atom. The molecule has 2 aromatic heterocycles. The predicted molar refractivity (Wildman–Crippen MR) is 148 cm³/mol. The Morgan fingerprint density at radius 1 is 1.09 bits per heavy atom. The minimum Gasteiger partial charge on any atom is -0.618 e. The number of rotatable bonds is 6. The molecule has 5 rings (SSSR count). The van der Waals surface area contributed by atoms with E-state index in [-0.39, 0.29) is 35.3 Å². The second-order valence-corrected chi connectivity index (χ2v) is 11.3. The second kappa shape index (κ2) is 11.6. The van der Waals surface area contributed by atoms with Gasteiger partial charge in [0.2, 0.25) is 11.8 Å². The van der Waals surface area contributed by atoms with E-state index in [1.807, 2.05) is 17.7 Å². The molecule has 3 aromatic rings. The minimum atomic E-state index is -4.70. The van der Waals surface area contributed by atoms with Crippen LogP contribution >= 0.6 is 0 Å². The van der Waals surface area contributed by atoms with Crippen LogP contribution in [0.15, 0.2) is 48.7 Å². The van der Waals surface area contributed by atoms with Crippen molar-refractivity contribution in [3.8, 4) is 11.1 Å². The van der Waals surface area contributed by atoms with Crippen LogP contribution in [-0.4, -0.2) is 46.8 Å². The molecule has 3 heterocycles. The Kier molecular flexibility index (Phi) is 8.21. The topological polar surface area (TPSA) is 93.3 Å².